The topological polar surface area (TPSA) is 29.3 Å². The molecule has 0 aromatic heterocycles. The molecule has 2 rings (SSSR count). The summed E-state index contributed by atoms with van der Waals surface area (Å²) in [6.45, 7) is 6.66. The van der Waals surface area contributed by atoms with Crippen molar-refractivity contribution >= 4 is 11.6 Å². The third-order valence-electron chi connectivity index (χ3n) is 3.54. The average molecular weight is 253 g/mol. The summed E-state index contributed by atoms with van der Waals surface area (Å²) in [6.07, 6.45) is 1.27. The number of halogens is 1. The lowest BCUT2D eigenvalue weighted by Gasteiger charge is -2.31. The van der Waals surface area contributed by atoms with Gasteiger partial charge in [0.2, 0.25) is 0 Å². The largest absolute Gasteiger partial charge is 0.326 e. The smallest absolute Gasteiger partial charge is 0.0497 e. The van der Waals surface area contributed by atoms with Crippen molar-refractivity contribution < 1.29 is 0 Å². The third kappa shape index (κ3) is 3.01. The molecule has 17 heavy (non-hydrogen) atoms. The number of nitrogens with two attached hydrogens (primary N) is 1. The molecule has 0 radical (unpaired) electrons. The quantitative estimate of drug-likeness (QED) is 0.896. The molecule has 1 heterocycles. The van der Waals surface area contributed by atoms with Gasteiger partial charge in [-0.1, -0.05) is 30.7 Å². The van der Waals surface area contributed by atoms with Gasteiger partial charge in [-0.05, 0) is 43.5 Å². The first kappa shape index (κ1) is 12.9. The Morgan fingerprint density at radius 2 is 2.24 bits per heavy atom. The van der Waals surface area contributed by atoms with Crippen LogP contribution in [0.4, 0.5) is 0 Å². The van der Waals surface area contributed by atoms with Gasteiger partial charge in [-0.3, -0.25) is 4.90 Å². The Kier molecular flexibility index (Phi) is 4.08. The first-order valence-electron chi connectivity index (χ1n) is 6.33. The van der Waals surface area contributed by atoms with Crippen molar-refractivity contribution in [3.05, 3.63) is 34.9 Å². The second kappa shape index (κ2) is 5.38. The molecule has 94 valence electrons. The SMILES string of the molecule is CC1CCN(C(c2cccc(Cl)c2)C(C)N)C1. The van der Waals surface area contributed by atoms with Gasteiger partial charge < -0.3 is 5.73 Å². The highest BCUT2D eigenvalue weighted by molar-refractivity contribution is 6.30. The number of benzene rings is 1. The summed E-state index contributed by atoms with van der Waals surface area (Å²) in [5.74, 6) is 0.774. The summed E-state index contributed by atoms with van der Waals surface area (Å²) in [5.41, 5.74) is 7.40. The maximum absolute atomic E-state index is 6.16. The second-order valence-electron chi connectivity index (χ2n) is 5.25. The zero-order chi connectivity index (χ0) is 12.4. The lowest BCUT2D eigenvalue weighted by Crippen LogP contribution is -2.38. The molecule has 0 spiro atoms. The van der Waals surface area contributed by atoms with E-state index in [4.69, 9.17) is 17.3 Å². The van der Waals surface area contributed by atoms with E-state index in [-0.39, 0.29) is 6.04 Å². The highest BCUT2D eigenvalue weighted by Crippen LogP contribution is 2.30. The van der Waals surface area contributed by atoms with Gasteiger partial charge in [-0.15, -0.1) is 0 Å². The van der Waals surface area contributed by atoms with Crippen molar-refractivity contribution in [2.75, 3.05) is 13.1 Å². The summed E-state index contributed by atoms with van der Waals surface area (Å²) in [6, 6.07) is 8.50. The van der Waals surface area contributed by atoms with Crippen LogP contribution in [0.1, 0.15) is 31.9 Å². The Hall–Kier alpha value is -0.570. The number of hydrogen-bond acceptors (Lipinski definition) is 2. The summed E-state index contributed by atoms with van der Waals surface area (Å²) in [7, 11) is 0. The highest BCUT2D eigenvalue weighted by atomic mass is 35.5. The van der Waals surface area contributed by atoms with Gasteiger partial charge in [0, 0.05) is 23.7 Å². The van der Waals surface area contributed by atoms with Crippen LogP contribution in [-0.4, -0.2) is 24.0 Å². The van der Waals surface area contributed by atoms with Crippen LogP contribution in [-0.2, 0) is 0 Å². The van der Waals surface area contributed by atoms with Crippen molar-refractivity contribution in [3.8, 4) is 0 Å². The number of nitrogens with zero attached hydrogens (tertiary/aromatic N) is 1. The minimum Gasteiger partial charge on any atom is -0.326 e. The molecule has 0 saturated carbocycles. The average Bonchev–Trinajstić information content (AvgIpc) is 2.64. The van der Waals surface area contributed by atoms with Crippen molar-refractivity contribution in [2.24, 2.45) is 11.7 Å². The van der Waals surface area contributed by atoms with Crippen molar-refractivity contribution in [1.82, 2.24) is 4.90 Å². The van der Waals surface area contributed by atoms with E-state index in [1.165, 1.54) is 12.0 Å². The van der Waals surface area contributed by atoms with Crippen molar-refractivity contribution in [2.45, 2.75) is 32.4 Å². The fourth-order valence-electron chi connectivity index (χ4n) is 2.76. The molecular formula is C14H21ClN2. The van der Waals surface area contributed by atoms with Gasteiger partial charge in [0.05, 0.1) is 0 Å². The predicted octanol–water partition coefficient (Wildman–Crippen LogP) is 3.07. The van der Waals surface area contributed by atoms with Gasteiger partial charge in [-0.25, -0.2) is 0 Å². The zero-order valence-electron chi connectivity index (χ0n) is 10.6. The Labute approximate surface area is 109 Å². The van der Waals surface area contributed by atoms with E-state index in [0.29, 0.717) is 6.04 Å². The van der Waals surface area contributed by atoms with Crippen LogP contribution in [0.25, 0.3) is 0 Å². The summed E-state index contributed by atoms with van der Waals surface area (Å²) in [4.78, 5) is 2.49. The lowest BCUT2D eigenvalue weighted by atomic mass is 9.99. The summed E-state index contributed by atoms with van der Waals surface area (Å²) >= 11 is 6.07. The van der Waals surface area contributed by atoms with E-state index in [0.717, 1.165) is 24.0 Å². The van der Waals surface area contributed by atoms with E-state index >= 15 is 0 Å². The van der Waals surface area contributed by atoms with Gasteiger partial charge >= 0.3 is 0 Å². The summed E-state index contributed by atoms with van der Waals surface area (Å²) < 4.78 is 0. The van der Waals surface area contributed by atoms with E-state index in [1.54, 1.807) is 0 Å². The van der Waals surface area contributed by atoms with Gasteiger partial charge in [0.1, 0.15) is 0 Å². The van der Waals surface area contributed by atoms with Crippen LogP contribution in [0, 0.1) is 5.92 Å². The Balaban J connectivity index is 2.23. The molecule has 2 N–H and O–H groups in total. The molecular weight excluding hydrogens is 232 g/mol. The van der Waals surface area contributed by atoms with Crippen LogP contribution in [0.3, 0.4) is 0 Å². The van der Waals surface area contributed by atoms with Crippen molar-refractivity contribution in [1.29, 1.82) is 0 Å². The van der Waals surface area contributed by atoms with Gasteiger partial charge in [-0.2, -0.15) is 0 Å². The Morgan fingerprint density at radius 3 is 2.76 bits per heavy atom. The monoisotopic (exact) mass is 252 g/mol. The maximum atomic E-state index is 6.16. The standard InChI is InChI=1S/C14H21ClN2/c1-10-6-7-17(9-10)14(11(2)16)12-4-3-5-13(15)8-12/h3-5,8,10-11,14H,6-7,9,16H2,1-2H3. The van der Waals surface area contributed by atoms with Crippen LogP contribution in [0.5, 0.6) is 0 Å². The van der Waals surface area contributed by atoms with Crippen LogP contribution < -0.4 is 5.73 Å². The molecule has 1 aliphatic heterocycles. The molecule has 3 atom stereocenters. The van der Waals surface area contributed by atoms with E-state index in [1.807, 2.05) is 18.2 Å². The van der Waals surface area contributed by atoms with Gasteiger partial charge in [0.25, 0.3) is 0 Å². The van der Waals surface area contributed by atoms with E-state index in [2.05, 4.69) is 24.8 Å². The van der Waals surface area contributed by atoms with Crippen molar-refractivity contribution in [3.63, 3.8) is 0 Å². The minimum atomic E-state index is 0.124. The molecule has 1 fully saturated rings. The number of rotatable bonds is 3. The fourth-order valence-corrected chi connectivity index (χ4v) is 2.96. The zero-order valence-corrected chi connectivity index (χ0v) is 11.3. The third-order valence-corrected chi connectivity index (χ3v) is 3.77. The molecule has 1 aromatic carbocycles. The first-order valence-corrected chi connectivity index (χ1v) is 6.71. The number of likely N-dealkylation sites (tertiary alicyclic amines) is 1. The molecule has 3 heteroatoms. The van der Waals surface area contributed by atoms with Crippen LogP contribution >= 0.6 is 11.6 Å². The Morgan fingerprint density at radius 1 is 1.47 bits per heavy atom. The van der Waals surface area contributed by atoms with E-state index < -0.39 is 0 Å². The second-order valence-corrected chi connectivity index (χ2v) is 5.68. The first-order chi connectivity index (χ1) is 8.08. The summed E-state index contributed by atoms with van der Waals surface area (Å²) in [5, 5.41) is 0.792. The van der Waals surface area contributed by atoms with E-state index in [9.17, 15) is 0 Å². The van der Waals surface area contributed by atoms with Gasteiger partial charge in [0.15, 0.2) is 0 Å². The number of hydrogen-bond donors (Lipinski definition) is 1. The maximum Gasteiger partial charge on any atom is 0.0497 e. The molecule has 0 amide bonds. The molecule has 0 bridgehead atoms. The predicted molar refractivity (Wildman–Crippen MR) is 73.2 cm³/mol. The molecule has 2 nitrogen and oxygen atoms in total. The fraction of sp³-hybridized carbons (Fsp3) is 0.571. The molecule has 0 aliphatic carbocycles. The van der Waals surface area contributed by atoms with Crippen LogP contribution in [0.2, 0.25) is 5.02 Å². The molecule has 1 aliphatic rings. The Bertz CT molecular complexity index is 378. The molecule has 1 aromatic rings. The molecule has 1 saturated heterocycles. The van der Waals surface area contributed by atoms with Crippen LogP contribution in [0.15, 0.2) is 24.3 Å². The highest BCUT2D eigenvalue weighted by Gasteiger charge is 2.29. The normalized spacial score (nSPS) is 24.8. The lowest BCUT2D eigenvalue weighted by molar-refractivity contribution is 0.213. The molecule has 3 unspecified atom stereocenters. The minimum absolute atomic E-state index is 0.124.